The number of ether oxygens (including phenoxy) is 3. The lowest BCUT2D eigenvalue weighted by Gasteiger charge is -2.29. The van der Waals surface area contributed by atoms with Crippen molar-refractivity contribution in [3.63, 3.8) is 0 Å². The summed E-state index contributed by atoms with van der Waals surface area (Å²) in [4.78, 5) is 0. The van der Waals surface area contributed by atoms with Crippen LogP contribution in [0, 0.1) is 23.3 Å². The predicted molar refractivity (Wildman–Crippen MR) is 117 cm³/mol. The molecule has 0 saturated carbocycles. The first-order valence-electron chi connectivity index (χ1n) is 11.4. The van der Waals surface area contributed by atoms with Gasteiger partial charge in [-0.05, 0) is 43.7 Å². The average Bonchev–Trinajstić information content (AvgIpc) is 2.84. The second kappa shape index (κ2) is 10.4. The van der Waals surface area contributed by atoms with Crippen LogP contribution in [0.15, 0.2) is 36.9 Å². The molecule has 7 heteroatoms. The summed E-state index contributed by atoms with van der Waals surface area (Å²) >= 11 is 0. The molecule has 4 atom stereocenters. The Hall–Kier alpha value is -2.22. The molecule has 2 saturated heterocycles. The van der Waals surface area contributed by atoms with Crippen LogP contribution in [0.2, 0.25) is 0 Å². The van der Waals surface area contributed by atoms with Crippen LogP contribution in [0.25, 0.3) is 11.1 Å². The molecule has 0 N–H and O–H groups in total. The van der Waals surface area contributed by atoms with E-state index in [-0.39, 0.29) is 59.7 Å². The summed E-state index contributed by atoms with van der Waals surface area (Å²) in [5, 5.41) is 0. The van der Waals surface area contributed by atoms with E-state index < -0.39 is 23.3 Å². The molecule has 0 aliphatic carbocycles. The summed E-state index contributed by atoms with van der Waals surface area (Å²) in [6.45, 7) is 6.50. The molecule has 2 aliphatic heterocycles. The highest BCUT2D eigenvalue weighted by molar-refractivity contribution is 5.66. The van der Waals surface area contributed by atoms with E-state index in [0.717, 1.165) is 0 Å². The molecule has 0 radical (unpaired) electrons. The first-order chi connectivity index (χ1) is 15.9. The largest absolute Gasteiger partial charge is 0.374 e. The van der Waals surface area contributed by atoms with Crippen molar-refractivity contribution < 1.29 is 31.8 Å². The van der Waals surface area contributed by atoms with Crippen molar-refractivity contribution >= 4 is 0 Å². The van der Waals surface area contributed by atoms with Gasteiger partial charge in [0, 0.05) is 29.6 Å². The molecular weight excluding hydrogens is 436 g/mol. The molecule has 4 unspecified atom stereocenters. The van der Waals surface area contributed by atoms with Gasteiger partial charge < -0.3 is 14.2 Å². The summed E-state index contributed by atoms with van der Waals surface area (Å²) < 4.78 is 76.4. The molecular formula is C26H28F4O3. The number of benzene rings is 2. The number of hydrogen-bond acceptors (Lipinski definition) is 3. The SMILES string of the molecule is C=CC1CCC(c2ccc(-c3ccc(C4CCC(OCC)OC4)c(F)c3F)c(F)c2F)CO1. The van der Waals surface area contributed by atoms with E-state index in [1.165, 1.54) is 24.3 Å². The van der Waals surface area contributed by atoms with E-state index in [2.05, 4.69) is 6.58 Å². The molecule has 2 aliphatic rings. The molecule has 0 spiro atoms. The Bertz CT molecular complexity index is 994. The predicted octanol–water partition coefficient (Wildman–Crippen LogP) is 6.62. The van der Waals surface area contributed by atoms with Gasteiger partial charge in [0.25, 0.3) is 0 Å². The second-order valence-electron chi connectivity index (χ2n) is 8.53. The summed E-state index contributed by atoms with van der Waals surface area (Å²) in [7, 11) is 0. The van der Waals surface area contributed by atoms with Crippen LogP contribution in [-0.4, -0.2) is 32.2 Å². The topological polar surface area (TPSA) is 27.7 Å². The zero-order chi connectivity index (χ0) is 23.5. The van der Waals surface area contributed by atoms with E-state index >= 15 is 0 Å². The monoisotopic (exact) mass is 464 g/mol. The van der Waals surface area contributed by atoms with E-state index in [9.17, 15) is 17.6 Å². The van der Waals surface area contributed by atoms with Gasteiger partial charge in [-0.1, -0.05) is 30.3 Å². The lowest BCUT2D eigenvalue weighted by atomic mass is 9.88. The van der Waals surface area contributed by atoms with Crippen molar-refractivity contribution in [1.82, 2.24) is 0 Å². The molecule has 2 heterocycles. The van der Waals surface area contributed by atoms with Gasteiger partial charge in [0.15, 0.2) is 29.6 Å². The molecule has 178 valence electrons. The van der Waals surface area contributed by atoms with Crippen molar-refractivity contribution in [2.75, 3.05) is 19.8 Å². The van der Waals surface area contributed by atoms with Gasteiger partial charge in [-0.15, -0.1) is 6.58 Å². The van der Waals surface area contributed by atoms with Gasteiger partial charge in [-0.25, -0.2) is 17.6 Å². The fraction of sp³-hybridized carbons (Fsp3) is 0.462. The molecule has 2 aromatic rings. The minimum Gasteiger partial charge on any atom is -0.374 e. The third-order valence-electron chi connectivity index (χ3n) is 6.55. The Kier molecular flexibility index (Phi) is 7.51. The molecule has 3 nitrogen and oxygen atoms in total. The molecule has 0 aromatic heterocycles. The zero-order valence-corrected chi connectivity index (χ0v) is 18.6. The summed E-state index contributed by atoms with van der Waals surface area (Å²) in [6, 6.07) is 5.47. The highest BCUT2D eigenvalue weighted by Crippen LogP contribution is 2.38. The first-order valence-corrected chi connectivity index (χ1v) is 11.4. The van der Waals surface area contributed by atoms with Crippen LogP contribution in [0.3, 0.4) is 0 Å². The van der Waals surface area contributed by atoms with E-state index in [1.54, 1.807) is 6.08 Å². The van der Waals surface area contributed by atoms with Crippen molar-refractivity contribution in [2.45, 2.75) is 56.8 Å². The van der Waals surface area contributed by atoms with Crippen LogP contribution in [0.4, 0.5) is 17.6 Å². The van der Waals surface area contributed by atoms with Gasteiger partial charge in [0.1, 0.15) is 0 Å². The lowest BCUT2D eigenvalue weighted by Crippen LogP contribution is -2.27. The maximum Gasteiger partial charge on any atom is 0.167 e. The standard InChI is InChI=1S/C26H28F4O3/c1-3-17-7-5-15(13-32-17)18-8-10-20(25(29)23(18)27)21-11-9-19(24(28)26(21)30)16-6-12-22(31-4-2)33-14-16/h3,8-11,15-17,22H,1,4-7,12-14H2,2H3. The summed E-state index contributed by atoms with van der Waals surface area (Å²) in [5.74, 6) is -5.13. The zero-order valence-electron chi connectivity index (χ0n) is 18.6. The number of rotatable bonds is 6. The van der Waals surface area contributed by atoms with E-state index in [1.807, 2.05) is 6.92 Å². The van der Waals surface area contributed by atoms with Crippen molar-refractivity contribution in [2.24, 2.45) is 0 Å². The van der Waals surface area contributed by atoms with Crippen LogP contribution in [0.1, 0.15) is 55.6 Å². The van der Waals surface area contributed by atoms with Crippen molar-refractivity contribution in [3.8, 4) is 11.1 Å². The fourth-order valence-electron chi connectivity index (χ4n) is 4.67. The summed E-state index contributed by atoms with van der Waals surface area (Å²) in [6.07, 6.45) is 3.69. The molecule has 0 bridgehead atoms. The Morgan fingerprint density at radius 3 is 1.79 bits per heavy atom. The van der Waals surface area contributed by atoms with Crippen LogP contribution < -0.4 is 0 Å². The average molecular weight is 464 g/mol. The Morgan fingerprint density at radius 1 is 0.818 bits per heavy atom. The third-order valence-corrected chi connectivity index (χ3v) is 6.55. The maximum atomic E-state index is 15.0. The summed E-state index contributed by atoms with van der Waals surface area (Å²) in [5.41, 5.74) is -0.273. The van der Waals surface area contributed by atoms with Crippen LogP contribution in [0.5, 0.6) is 0 Å². The normalized spacial score (nSPS) is 25.7. The van der Waals surface area contributed by atoms with Gasteiger partial charge >= 0.3 is 0 Å². The second-order valence-corrected chi connectivity index (χ2v) is 8.53. The first kappa shape index (κ1) is 23.9. The van der Waals surface area contributed by atoms with E-state index in [4.69, 9.17) is 14.2 Å². The number of halogens is 4. The van der Waals surface area contributed by atoms with Gasteiger partial charge in [-0.2, -0.15) is 0 Å². The van der Waals surface area contributed by atoms with Crippen molar-refractivity contribution in [1.29, 1.82) is 0 Å². The Balaban J connectivity index is 1.56. The van der Waals surface area contributed by atoms with Crippen molar-refractivity contribution in [3.05, 3.63) is 71.3 Å². The fourth-order valence-corrected chi connectivity index (χ4v) is 4.67. The maximum absolute atomic E-state index is 15.0. The molecule has 4 rings (SSSR count). The lowest BCUT2D eigenvalue weighted by molar-refractivity contribution is -0.164. The third kappa shape index (κ3) is 4.86. The molecule has 33 heavy (non-hydrogen) atoms. The Morgan fingerprint density at radius 2 is 1.36 bits per heavy atom. The van der Waals surface area contributed by atoms with Gasteiger partial charge in [0.05, 0.1) is 19.3 Å². The minimum absolute atomic E-state index is 0.0939. The quantitative estimate of drug-likeness (QED) is 0.355. The minimum atomic E-state index is -1.19. The molecule has 2 aromatic carbocycles. The molecule has 2 fully saturated rings. The van der Waals surface area contributed by atoms with Gasteiger partial charge in [-0.3, -0.25) is 0 Å². The molecule has 0 amide bonds. The van der Waals surface area contributed by atoms with Crippen LogP contribution in [-0.2, 0) is 14.2 Å². The Labute approximate surface area is 191 Å². The van der Waals surface area contributed by atoms with E-state index in [0.29, 0.717) is 32.3 Å². The van der Waals surface area contributed by atoms with Crippen LogP contribution >= 0.6 is 0 Å². The highest BCUT2D eigenvalue weighted by atomic mass is 19.2. The highest BCUT2D eigenvalue weighted by Gasteiger charge is 2.30. The number of hydrogen-bond donors (Lipinski definition) is 0. The smallest absolute Gasteiger partial charge is 0.167 e. The van der Waals surface area contributed by atoms with Gasteiger partial charge in [0.2, 0.25) is 0 Å².